The Bertz CT molecular complexity index is 1040. The minimum Gasteiger partial charge on any atom is -0.379 e. The summed E-state index contributed by atoms with van der Waals surface area (Å²) in [6.07, 6.45) is 1.97. The molecule has 5 nitrogen and oxygen atoms in total. The topological polar surface area (TPSA) is 45.7 Å². The van der Waals surface area contributed by atoms with Crippen LogP contribution in [0.3, 0.4) is 0 Å². The van der Waals surface area contributed by atoms with Crippen molar-refractivity contribution in [1.82, 2.24) is 9.88 Å². The lowest BCUT2D eigenvalue weighted by atomic mass is 10.2. The monoisotopic (exact) mass is 485 g/mol. The zero-order valence-electron chi connectivity index (χ0n) is 16.8. The highest BCUT2D eigenvalue weighted by Crippen LogP contribution is 2.32. The Morgan fingerprint density at radius 1 is 1.23 bits per heavy atom. The molecule has 2 aromatic carbocycles. The maximum Gasteiger partial charge on any atom is 0.260 e. The Morgan fingerprint density at radius 3 is 2.61 bits per heavy atom. The van der Waals surface area contributed by atoms with Crippen molar-refractivity contribution in [3.63, 3.8) is 0 Å². The van der Waals surface area contributed by atoms with Gasteiger partial charge in [0.2, 0.25) is 0 Å². The van der Waals surface area contributed by atoms with Crippen molar-refractivity contribution in [3.05, 3.63) is 53.6 Å². The van der Waals surface area contributed by atoms with Crippen LogP contribution >= 0.6 is 35.5 Å². The van der Waals surface area contributed by atoms with E-state index in [9.17, 15) is 13.6 Å². The van der Waals surface area contributed by atoms with Crippen molar-refractivity contribution in [3.8, 4) is 0 Å². The number of nitrogens with zero attached hydrogens (tertiary/aromatic N) is 3. The van der Waals surface area contributed by atoms with Crippen LogP contribution in [0, 0.1) is 11.6 Å². The number of rotatable bonds is 6. The number of amides is 1. The van der Waals surface area contributed by atoms with Crippen molar-refractivity contribution >= 4 is 56.8 Å². The summed E-state index contributed by atoms with van der Waals surface area (Å²) < 4.78 is 33.6. The first-order valence-electron chi connectivity index (χ1n) is 9.57. The van der Waals surface area contributed by atoms with Crippen molar-refractivity contribution in [1.29, 1.82) is 0 Å². The van der Waals surface area contributed by atoms with E-state index in [0.29, 0.717) is 41.7 Å². The van der Waals surface area contributed by atoms with Gasteiger partial charge in [-0.3, -0.25) is 14.6 Å². The van der Waals surface area contributed by atoms with Gasteiger partial charge in [-0.05, 0) is 36.6 Å². The second-order valence-electron chi connectivity index (χ2n) is 6.87. The van der Waals surface area contributed by atoms with Crippen molar-refractivity contribution in [2.45, 2.75) is 4.90 Å². The highest BCUT2D eigenvalue weighted by Gasteiger charge is 2.24. The molecule has 1 aliphatic rings. The van der Waals surface area contributed by atoms with E-state index in [2.05, 4.69) is 9.88 Å². The van der Waals surface area contributed by atoms with Gasteiger partial charge in [0.1, 0.15) is 11.3 Å². The van der Waals surface area contributed by atoms with E-state index < -0.39 is 11.6 Å². The maximum atomic E-state index is 14.2. The first-order valence-corrected chi connectivity index (χ1v) is 11.6. The summed E-state index contributed by atoms with van der Waals surface area (Å²) in [6.45, 7) is 3.96. The lowest BCUT2D eigenvalue weighted by molar-refractivity contribution is 0.0391. The van der Waals surface area contributed by atoms with Gasteiger partial charge in [0, 0.05) is 42.7 Å². The number of morpholine rings is 1. The van der Waals surface area contributed by atoms with Gasteiger partial charge in [0.25, 0.3) is 5.91 Å². The van der Waals surface area contributed by atoms with Crippen LogP contribution in [0.1, 0.15) is 10.4 Å². The largest absolute Gasteiger partial charge is 0.379 e. The summed E-state index contributed by atoms with van der Waals surface area (Å²) in [6, 6.07) is 9.41. The molecule has 1 aliphatic heterocycles. The number of carbonyl (C=O) groups excluding carboxylic acids is 1. The second-order valence-corrected chi connectivity index (χ2v) is 8.76. The SMILES string of the molecule is CSc1ccc(C(=O)N(CCN2CCOCC2)c2nc3c(F)cc(F)cc3s2)cc1.Cl. The number of hydrogen-bond acceptors (Lipinski definition) is 6. The van der Waals surface area contributed by atoms with Crippen molar-refractivity contribution in [2.24, 2.45) is 0 Å². The van der Waals surface area contributed by atoms with E-state index in [4.69, 9.17) is 4.74 Å². The minimum absolute atomic E-state index is 0. The molecule has 1 fully saturated rings. The summed E-state index contributed by atoms with van der Waals surface area (Å²) in [4.78, 5) is 22.5. The van der Waals surface area contributed by atoms with E-state index in [0.717, 1.165) is 35.4 Å². The molecule has 2 heterocycles. The Balaban J connectivity index is 0.00000272. The maximum absolute atomic E-state index is 14.2. The van der Waals surface area contributed by atoms with Crippen LogP contribution in [-0.4, -0.2) is 61.4 Å². The van der Waals surface area contributed by atoms with Crippen LogP contribution in [-0.2, 0) is 4.74 Å². The number of thioether (sulfide) groups is 1. The minimum atomic E-state index is -0.725. The molecule has 3 aromatic rings. The highest BCUT2D eigenvalue weighted by atomic mass is 35.5. The van der Waals surface area contributed by atoms with Crippen molar-refractivity contribution < 1.29 is 18.3 Å². The molecule has 0 spiro atoms. The van der Waals surface area contributed by atoms with Gasteiger partial charge >= 0.3 is 0 Å². The predicted octanol–water partition coefficient (Wildman–Crippen LogP) is 4.70. The Labute approximate surface area is 193 Å². The van der Waals surface area contributed by atoms with Gasteiger partial charge in [-0.2, -0.15) is 0 Å². The average molecular weight is 486 g/mol. The zero-order chi connectivity index (χ0) is 21.1. The molecular formula is C21H22ClF2N3O2S2. The molecule has 0 N–H and O–H groups in total. The van der Waals surface area contributed by atoms with Crippen molar-refractivity contribution in [2.75, 3.05) is 50.5 Å². The molecule has 166 valence electrons. The summed E-state index contributed by atoms with van der Waals surface area (Å²) >= 11 is 2.72. The molecule has 10 heteroatoms. The molecule has 0 atom stereocenters. The number of thiazole rings is 1. The lowest BCUT2D eigenvalue weighted by Crippen LogP contribution is -2.43. The standard InChI is InChI=1S/C21H21F2N3O2S2.ClH/c1-29-16-4-2-14(3-5-16)20(27)26(7-6-25-8-10-28-11-9-25)21-24-19-17(23)12-15(22)13-18(19)30-21;/h2-5,12-13H,6-11H2,1H3;1H. The summed E-state index contributed by atoms with van der Waals surface area (Å²) in [5.41, 5.74) is 0.610. The van der Waals surface area contributed by atoms with Gasteiger partial charge in [-0.25, -0.2) is 13.8 Å². The van der Waals surface area contributed by atoms with Crippen LogP contribution in [0.15, 0.2) is 41.3 Å². The van der Waals surface area contributed by atoms with Gasteiger partial charge in [0.15, 0.2) is 10.9 Å². The third-order valence-corrected chi connectivity index (χ3v) is 6.73. The molecule has 0 unspecified atom stereocenters. The predicted molar refractivity (Wildman–Crippen MR) is 124 cm³/mol. The van der Waals surface area contributed by atoms with Crippen LogP contribution in [0.2, 0.25) is 0 Å². The molecule has 1 amide bonds. The van der Waals surface area contributed by atoms with E-state index in [-0.39, 0.29) is 23.8 Å². The molecule has 0 bridgehead atoms. The molecule has 0 radical (unpaired) electrons. The fourth-order valence-corrected chi connectivity index (χ4v) is 4.74. The van der Waals surface area contributed by atoms with Gasteiger partial charge in [0.05, 0.1) is 17.9 Å². The van der Waals surface area contributed by atoms with Crippen LogP contribution in [0.4, 0.5) is 13.9 Å². The zero-order valence-corrected chi connectivity index (χ0v) is 19.3. The summed E-state index contributed by atoms with van der Waals surface area (Å²) in [5, 5.41) is 0.363. The van der Waals surface area contributed by atoms with Crippen LogP contribution < -0.4 is 4.90 Å². The number of ether oxygens (including phenoxy) is 1. The van der Waals surface area contributed by atoms with E-state index in [1.54, 1.807) is 28.8 Å². The molecule has 4 rings (SSSR count). The number of fused-ring (bicyclic) bond motifs is 1. The van der Waals surface area contributed by atoms with Gasteiger partial charge < -0.3 is 4.74 Å². The number of benzene rings is 2. The molecular weight excluding hydrogens is 464 g/mol. The van der Waals surface area contributed by atoms with E-state index >= 15 is 0 Å². The number of anilines is 1. The number of carbonyl (C=O) groups is 1. The van der Waals surface area contributed by atoms with Gasteiger partial charge in [-0.15, -0.1) is 24.2 Å². The van der Waals surface area contributed by atoms with E-state index in [1.807, 2.05) is 18.4 Å². The highest BCUT2D eigenvalue weighted by molar-refractivity contribution is 7.98. The quantitative estimate of drug-likeness (QED) is 0.474. The first kappa shape index (κ1) is 23.9. The molecule has 1 saturated heterocycles. The van der Waals surface area contributed by atoms with Crippen LogP contribution in [0.25, 0.3) is 10.2 Å². The first-order chi connectivity index (χ1) is 14.5. The summed E-state index contributed by atoms with van der Waals surface area (Å²) in [7, 11) is 0. The normalized spacial score (nSPS) is 14.4. The summed E-state index contributed by atoms with van der Waals surface area (Å²) in [5.74, 6) is -1.60. The Hall–Kier alpha value is -1.78. The lowest BCUT2D eigenvalue weighted by Gasteiger charge is -2.29. The average Bonchev–Trinajstić information content (AvgIpc) is 3.18. The third-order valence-electron chi connectivity index (χ3n) is 4.96. The third kappa shape index (κ3) is 5.53. The fourth-order valence-electron chi connectivity index (χ4n) is 3.30. The number of hydrogen-bond donors (Lipinski definition) is 0. The molecule has 1 aromatic heterocycles. The van der Waals surface area contributed by atoms with Crippen LogP contribution in [0.5, 0.6) is 0 Å². The molecule has 0 aliphatic carbocycles. The Morgan fingerprint density at radius 2 is 1.94 bits per heavy atom. The number of halogens is 3. The number of aromatic nitrogens is 1. The van der Waals surface area contributed by atoms with E-state index in [1.165, 1.54) is 6.07 Å². The molecule has 31 heavy (non-hydrogen) atoms. The fraction of sp³-hybridized carbons (Fsp3) is 0.333. The smallest absolute Gasteiger partial charge is 0.260 e. The molecule has 0 saturated carbocycles. The van der Waals surface area contributed by atoms with Gasteiger partial charge in [-0.1, -0.05) is 11.3 Å². The second kappa shape index (κ2) is 10.7. The Kier molecular flexibility index (Phi) is 8.23.